The molecule has 1 N–H and O–H groups in total. The molecular weight excluding hydrogens is 510 g/mol. The third kappa shape index (κ3) is 6.40. The van der Waals surface area contributed by atoms with Crippen molar-refractivity contribution in [3.63, 3.8) is 0 Å². The maximum Gasteiger partial charge on any atom is 0.278 e. The molecule has 7 nitrogen and oxygen atoms in total. The minimum absolute atomic E-state index is 0.0503. The zero-order valence-corrected chi connectivity index (χ0v) is 22.7. The molecule has 1 aliphatic carbocycles. The van der Waals surface area contributed by atoms with Crippen molar-refractivity contribution in [2.45, 2.75) is 64.0 Å². The number of nitrogens with one attached hydrogen (secondary N) is 1. The second-order valence-electron chi connectivity index (χ2n) is 10.4. The maximum absolute atomic E-state index is 13.1. The molecule has 1 saturated carbocycles. The van der Waals surface area contributed by atoms with Crippen molar-refractivity contribution in [1.29, 1.82) is 0 Å². The topological polar surface area (TPSA) is 76.6 Å². The van der Waals surface area contributed by atoms with E-state index in [2.05, 4.69) is 20.2 Å². The number of hydrogen-bond acceptors (Lipinski definition) is 7. The van der Waals surface area contributed by atoms with E-state index in [1.807, 2.05) is 24.3 Å². The number of thiazole rings is 1. The molecule has 0 bridgehead atoms. The van der Waals surface area contributed by atoms with Gasteiger partial charge >= 0.3 is 0 Å². The number of fused-ring (bicyclic) bond motifs is 2. The standard InChI is InChI=1S/C28H34F2N4O3S/c1-28(29,30)17-37-27-33-23-16-34(15-12-24(23)38-27)14-11-18-6-8-19(9-7-18)32-25(35)21-4-3-5-22-20(21)10-13-31-26(22)36-2/h3-5,10,13,18-19H,6-9,11-12,14-17H2,1-2H3,(H,32,35). The van der Waals surface area contributed by atoms with Gasteiger partial charge in [0.15, 0.2) is 6.61 Å². The molecule has 38 heavy (non-hydrogen) atoms. The van der Waals surface area contributed by atoms with Gasteiger partial charge in [0, 0.05) is 53.5 Å². The van der Waals surface area contributed by atoms with Gasteiger partial charge in [-0.25, -0.2) is 18.7 Å². The van der Waals surface area contributed by atoms with Crippen molar-refractivity contribution in [3.8, 4) is 11.1 Å². The first-order valence-corrected chi connectivity index (χ1v) is 14.0. The summed E-state index contributed by atoms with van der Waals surface area (Å²) in [6.45, 7) is 2.90. The second kappa shape index (κ2) is 11.5. The van der Waals surface area contributed by atoms with Crippen molar-refractivity contribution >= 4 is 28.0 Å². The lowest BCUT2D eigenvalue weighted by molar-refractivity contribution is -0.0230. The van der Waals surface area contributed by atoms with E-state index in [4.69, 9.17) is 9.47 Å². The van der Waals surface area contributed by atoms with Crippen LogP contribution in [0.15, 0.2) is 30.5 Å². The third-order valence-corrected chi connectivity index (χ3v) is 8.55. The molecule has 5 rings (SSSR count). The number of pyridine rings is 1. The van der Waals surface area contributed by atoms with E-state index >= 15 is 0 Å². The van der Waals surface area contributed by atoms with Crippen LogP contribution in [-0.2, 0) is 13.0 Å². The van der Waals surface area contributed by atoms with Gasteiger partial charge in [-0.15, -0.1) is 0 Å². The van der Waals surface area contributed by atoms with Crippen LogP contribution in [0.25, 0.3) is 10.8 Å². The Hall–Kier alpha value is -2.85. The number of halogens is 2. The van der Waals surface area contributed by atoms with Gasteiger partial charge in [0.2, 0.25) is 5.88 Å². The first-order chi connectivity index (χ1) is 18.3. The highest BCUT2D eigenvalue weighted by molar-refractivity contribution is 7.13. The zero-order chi connectivity index (χ0) is 26.7. The fraction of sp³-hybridized carbons (Fsp3) is 0.536. The van der Waals surface area contributed by atoms with E-state index in [9.17, 15) is 13.6 Å². The predicted octanol–water partition coefficient (Wildman–Crippen LogP) is 5.47. The first-order valence-electron chi connectivity index (χ1n) is 13.2. The van der Waals surface area contributed by atoms with Gasteiger partial charge in [-0.05, 0) is 69.2 Å². The van der Waals surface area contributed by atoms with Crippen molar-refractivity contribution in [2.75, 3.05) is 26.8 Å². The summed E-state index contributed by atoms with van der Waals surface area (Å²) in [6, 6.07) is 7.67. The van der Waals surface area contributed by atoms with Crippen LogP contribution >= 0.6 is 11.3 Å². The highest BCUT2D eigenvalue weighted by Gasteiger charge is 2.27. The number of ether oxygens (including phenoxy) is 2. The number of hydrogen-bond donors (Lipinski definition) is 1. The average Bonchev–Trinajstić information content (AvgIpc) is 3.33. The molecule has 1 aromatic carbocycles. The first kappa shape index (κ1) is 26.7. The van der Waals surface area contributed by atoms with E-state index in [1.165, 1.54) is 11.3 Å². The van der Waals surface area contributed by atoms with E-state index in [0.29, 0.717) is 22.6 Å². The molecule has 2 aliphatic rings. The number of methoxy groups -OCH3 is 1. The van der Waals surface area contributed by atoms with Gasteiger partial charge in [-0.1, -0.05) is 17.4 Å². The van der Waals surface area contributed by atoms with Crippen LogP contribution in [-0.4, -0.2) is 59.5 Å². The Morgan fingerprint density at radius 2 is 2.03 bits per heavy atom. The van der Waals surface area contributed by atoms with Crippen LogP contribution in [0.3, 0.4) is 0 Å². The summed E-state index contributed by atoms with van der Waals surface area (Å²) in [5.74, 6) is -1.75. The number of amides is 1. The summed E-state index contributed by atoms with van der Waals surface area (Å²) in [5.41, 5.74) is 1.61. The number of carbonyl (C=O) groups excluding carboxylic acids is 1. The van der Waals surface area contributed by atoms with Crippen LogP contribution in [0, 0.1) is 5.92 Å². The Morgan fingerprint density at radius 3 is 2.79 bits per heavy atom. The third-order valence-electron chi connectivity index (χ3n) is 7.48. The molecule has 0 unspecified atom stereocenters. The molecule has 1 fully saturated rings. The smallest absolute Gasteiger partial charge is 0.278 e. The Labute approximate surface area is 225 Å². The summed E-state index contributed by atoms with van der Waals surface area (Å²) in [6.07, 6.45) is 7.81. The SMILES string of the molecule is COc1nccc2c(C(=O)NC3CCC(CCN4CCc5sc(OCC(C)(F)F)nc5C4)CC3)cccc12. The number of carbonyl (C=O) groups is 1. The van der Waals surface area contributed by atoms with Crippen molar-refractivity contribution in [3.05, 3.63) is 46.6 Å². The molecule has 1 amide bonds. The van der Waals surface area contributed by atoms with Crippen molar-refractivity contribution in [1.82, 2.24) is 20.2 Å². The van der Waals surface area contributed by atoms with E-state index < -0.39 is 12.5 Å². The zero-order valence-electron chi connectivity index (χ0n) is 21.8. The van der Waals surface area contributed by atoms with E-state index in [-0.39, 0.29) is 11.9 Å². The Bertz CT molecular complexity index is 1270. The molecule has 0 radical (unpaired) electrons. The Morgan fingerprint density at radius 1 is 1.21 bits per heavy atom. The van der Waals surface area contributed by atoms with Crippen molar-refractivity contribution < 1.29 is 23.0 Å². The van der Waals surface area contributed by atoms with Gasteiger partial charge in [0.05, 0.1) is 12.8 Å². The summed E-state index contributed by atoms with van der Waals surface area (Å²) in [4.78, 5) is 25.3. The van der Waals surface area contributed by atoms with Gasteiger partial charge in [-0.3, -0.25) is 9.69 Å². The lowest BCUT2D eigenvalue weighted by Crippen LogP contribution is -2.38. The molecule has 204 valence electrons. The number of nitrogens with zero attached hydrogens (tertiary/aromatic N) is 3. The summed E-state index contributed by atoms with van der Waals surface area (Å²) < 4.78 is 36.7. The maximum atomic E-state index is 13.1. The van der Waals surface area contributed by atoms with Gasteiger partial charge in [0.25, 0.3) is 17.0 Å². The number of benzene rings is 1. The summed E-state index contributed by atoms with van der Waals surface area (Å²) in [5, 5.41) is 5.27. The molecule has 3 heterocycles. The molecule has 0 spiro atoms. The average molecular weight is 545 g/mol. The molecule has 10 heteroatoms. The van der Waals surface area contributed by atoms with E-state index in [1.54, 1.807) is 13.3 Å². The predicted molar refractivity (Wildman–Crippen MR) is 143 cm³/mol. The number of rotatable bonds is 9. The number of alkyl halides is 2. The summed E-state index contributed by atoms with van der Waals surface area (Å²) >= 11 is 1.39. The Kier molecular flexibility index (Phi) is 8.09. The van der Waals surface area contributed by atoms with Crippen LogP contribution in [0.2, 0.25) is 0 Å². The molecule has 1 aliphatic heterocycles. The molecule has 3 aromatic rings. The van der Waals surface area contributed by atoms with Crippen molar-refractivity contribution in [2.24, 2.45) is 5.92 Å². The highest BCUT2D eigenvalue weighted by atomic mass is 32.1. The van der Waals surface area contributed by atoms with Crippen LogP contribution < -0.4 is 14.8 Å². The highest BCUT2D eigenvalue weighted by Crippen LogP contribution is 2.32. The largest absolute Gasteiger partial charge is 0.481 e. The van der Waals surface area contributed by atoms with Gasteiger partial charge < -0.3 is 14.8 Å². The molecular formula is C28H34F2N4O3S. The quantitative estimate of drug-likeness (QED) is 0.385. The molecule has 2 aromatic heterocycles. The lowest BCUT2D eigenvalue weighted by Gasteiger charge is -2.32. The molecule has 0 atom stereocenters. The molecule has 0 saturated heterocycles. The fourth-order valence-electron chi connectivity index (χ4n) is 5.43. The van der Waals surface area contributed by atoms with Crippen LogP contribution in [0.1, 0.15) is 60.0 Å². The van der Waals surface area contributed by atoms with Crippen LogP contribution in [0.4, 0.5) is 8.78 Å². The number of aromatic nitrogens is 2. The van der Waals surface area contributed by atoms with Gasteiger partial charge in [-0.2, -0.15) is 0 Å². The van der Waals surface area contributed by atoms with Gasteiger partial charge in [0.1, 0.15) is 0 Å². The second-order valence-corrected chi connectivity index (χ2v) is 11.5. The monoisotopic (exact) mass is 544 g/mol. The van der Waals surface area contributed by atoms with Crippen LogP contribution in [0.5, 0.6) is 11.1 Å². The lowest BCUT2D eigenvalue weighted by atomic mass is 9.84. The normalized spacial score (nSPS) is 20.2. The minimum Gasteiger partial charge on any atom is -0.481 e. The fourth-order valence-corrected chi connectivity index (χ4v) is 6.34. The summed E-state index contributed by atoms with van der Waals surface area (Å²) in [7, 11) is 1.58. The van der Waals surface area contributed by atoms with E-state index in [0.717, 1.165) is 86.4 Å². The Balaban J connectivity index is 1.08. The minimum atomic E-state index is -2.86.